The van der Waals surface area contributed by atoms with E-state index in [1.807, 2.05) is 42.5 Å². The molecule has 0 amide bonds. The Bertz CT molecular complexity index is 726. The number of nitrogens with zero attached hydrogens (tertiary/aromatic N) is 2. The number of carbonyl (C=O) groups is 1. The number of aromatic nitrogens is 2. The summed E-state index contributed by atoms with van der Waals surface area (Å²) in [7, 11) is 0. The summed E-state index contributed by atoms with van der Waals surface area (Å²) < 4.78 is 5.25. The second-order valence-corrected chi connectivity index (χ2v) is 4.37. The predicted molar refractivity (Wildman–Crippen MR) is 78.9 cm³/mol. The Labute approximate surface area is 122 Å². The summed E-state index contributed by atoms with van der Waals surface area (Å²) in [6.07, 6.45) is 4.33. The summed E-state index contributed by atoms with van der Waals surface area (Å²) in [5.41, 5.74) is 2.36. The highest BCUT2D eigenvalue weighted by Gasteiger charge is 2.09. The fourth-order valence-corrected chi connectivity index (χ4v) is 1.91. The molecule has 21 heavy (non-hydrogen) atoms. The van der Waals surface area contributed by atoms with Crippen LogP contribution in [-0.4, -0.2) is 15.9 Å². The smallest absolute Gasteiger partial charge is 0.363 e. The van der Waals surface area contributed by atoms with Gasteiger partial charge in [-0.05, 0) is 23.3 Å². The average molecular weight is 276 g/mol. The fraction of sp³-hybridized carbons (Fsp3) is 0. The van der Waals surface area contributed by atoms with E-state index in [2.05, 4.69) is 9.97 Å². The largest absolute Gasteiger partial charge is 0.422 e. The van der Waals surface area contributed by atoms with Gasteiger partial charge < -0.3 is 4.74 Å². The molecule has 2 aromatic carbocycles. The summed E-state index contributed by atoms with van der Waals surface area (Å²) in [6.45, 7) is 0. The van der Waals surface area contributed by atoms with Crippen LogP contribution >= 0.6 is 0 Å². The Balaban J connectivity index is 1.75. The molecule has 0 unspecified atom stereocenters. The SMILES string of the molecule is O=C(Oc1ccc(-c2ccccc2)cc1)c1cnccn1. The van der Waals surface area contributed by atoms with Crippen molar-refractivity contribution in [2.45, 2.75) is 0 Å². The minimum Gasteiger partial charge on any atom is -0.422 e. The Hall–Kier alpha value is -3.01. The van der Waals surface area contributed by atoms with Crippen LogP contribution in [0, 0.1) is 0 Å². The molecule has 0 saturated heterocycles. The number of esters is 1. The molecular weight excluding hydrogens is 264 g/mol. The Morgan fingerprint density at radius 3 is 2.24 bits per heavy atom. The Morgan fingerprint density at radius 2 is 1.57 bits per heavy atom. The maximum atomic E-state index is 11.8. The number of hydrogen-bond donors (Lipinski definition) is 0. The normalized spacial score (nSPS) is 10.1. The lowest BCUT2D eigenvalue weighted by Crippen LogP contribution is -2.10. The van der Waals surface area contributed by atoms with Crippen LogP contribution in [0.2, 0.25) is 0 Å². The maximum Gasteiger partial charge on any atom is 0.363 e. The van der Waals surface area contributed by atoms with E-state index in [9.17, 15) is 4.79 Å². The van der Waals surface area contributed by atoms with E-state index >= 15 is 0 Å². The van der Waals surface area contributed by atoms with E-state index in [1.54, 1.807) is 12.1 Å². The van der Waals surface area contributed by atoms with Gasteiger partial charge in [-0.3, -0.25) is 4.98 Å². The molecule has 0 aliphatic carbocycles. The topological polar surface area (TPSA) is 52.1 Å². The highest BCUT2D eigenvalue weighted by atomic mass is 16.5. The van der Waals surface area contributed by atoms with Gasteiger partial charge in [-0.1, -0.05) is 42.5 Å². The number of benzene rings is 2. The minimum atomic E-state index is -0.518. The number of rotatable bonds is 3. The number of hydrogen-bond acceptors (Lipinski definition) is 4. The van der Waals surface area contributed by atoms with Gasteiger partial charge in [0.2, 0.25) is 0 Å². The van der Waals surface area contributed by atoms with Gasteiger partial charge in [-0.2, -0.15) is 0 Å². The van der Waals surface area contributed by atoms with Crippen molar-refractivity contribution in [2.24, 2.45) is 0 Å². The third-order valence-electron chi connectivity index (χ3n) is 2.94. The first-order valence-corrected chi connectivity index (χ1v) is 6.46. The van der Waals surface area contributed by atoms with E-state index in [-0.39, 0.29) is 5.69 Å². The molecule has 4 nitrogen and oxygen atoms in total. The predicted octanol–water partition coefficient (Wildman–Crippen LogP) is 3.36. The van der Waals surface area contributed by atoms with Crippen LogP contribution < -0.4 is 4.74 Å². The maximum absolute atomic E-state index is 11.8. The monoisotopic (exact) mass is 276 g/mol. The van der Waals surface area contributed by atoms with Crippen LogP contribution in [0.15, 0.2) is 73.2 Å². The van der Waals surface area contributed by atoms with Crippen LogP contribution in [0.3, 0.4) is 0 Å². The molecule has 0 aliphatic rings. The van der Waals surface area contributed by atoms with Crippen LogP contribution in [-0.2, 0) is 0 Å². The second kappa shape index (κ2) is 5.96. The van der Waals surface area contributed by atoms with Crippen molar-refractivity contribution in [3.05, 3.63) is 78.9 Å². The van der Waals surface area contributed by atoms with Crippen LogP contribution in [0.1, 0.15) is 10.5 Å². The molecule has 0 saturated carbocycles. The van der Waals surface area contributed by atoms with Crippen molar-refractivity contribution in [3.63, 3.8) is 0 Å². The van der Waals surface area contributed by atoms with Gasteiger partial charge >= 0.3 is 5.97 Å². The van der Waals surface area contributed by atoms with E-state index in [0.29, 0.717) is 5.75 Å². The van der Waals surface area contributed by atoms with Gasteiger partial charge in [0.15, 0.2) is 5.69 Å². The molecule has 3 rings (SSSR count). The Kier molecular flexibility index (Phi) is 3.69. The molecule has 0 radical (unpaired) electrons. The van der Waals surface area contributed by atoms with Crippen LogP contribution in [0.25, 0.3) is 11.1 Å². The van der Waals surface area contributed by atoms with E-state index in [1.165, 1.54) is 18.6 Å². The highest BCUT2D eigenvalue weighted by molar-refractivity contribution is 5.88. The molecule has 3 aromatic rings. The minimum absolute atomic E-state index is 0.185. The molecular formula is C17H12N2O2. The third-order valence-corrected chi connectivity index (χ3v) is 2.94. The standard InChI is InChI=1S/C17H12N2O2/c20-17(16-12-18-10-11-19-16)21-15-8-6-14(7-9-15)13-4-2-1-3-5-13/h1-12H. The zero-order chi connectivity index (χ0) is 14.5. The zero-order valence-corrected chi connectivity index (χ0v) is 11.1. The number of ether oxygens (including phenoxy) is 1. The first-order valence-electron chi connectivity index (χ1n) is 6.46. The molecule has 102 valence electrons. The van der Waals surface area contributed by atoms with Crippen molar-refractivity contribution in [2.75, 3.05) is 0 Å². The molecule has 1 aromatic heterocycles. The van der Waals surface area contributed by atoms with Gasteiger partial charge in [-0.25, -0.2) is 9.78 Å². The average Bonchev–Trinajstić information content (AvgIpc) is 2.57. The van der Waals surface area contributed by atoms with Gasteiger partial charge in [0.05, 0.1) is 6.20 Å². The van der Waals surface area contributed by atoms with Crippen molar-refractivity contribution >= 4 is 5.97 Å². The molecule has 1 heterocycles. The van der Waals surface area contributed by atoms with E-state index < -0.39 is 5.97 Å². The van der Waals surface area contributed by atoms with Crippen molar-refractivity contribution in [1.29, 1.82) is 0 Å². The van der Waals surface area contributed by atoms with Crippen molar-refractivity contribution in [3.8, 4) is 16.9 Å². The summed E-state index contributed by atoms with van der Waals surface area (Å²) in [4.78, 5) is 19.6. The molecule has 0 aliphatic heterocycles. The van der Waals surface area contributed by atoms with E-state index in [0.717, 1.165) is 11.1 Å². The molecule has 4 heteroatoms. The third kappa shape index (κ3) is 3.12. The molecule has 0 bridgehead atoms. The lowest BCUT2D eigenvalue weighted by Gasteiger charge is -2.05. The molecule has 0 spiro atoms. The number of carbonyl (C=O) groups excluding carboxylic acids is 1. The molecule has 0 fully saturated rings. The summed E-state index contributed by atoms with van der Waals surface area (Å²) >= 11 is 0. The lowest BCUT2D eigenvalue weighted by atomic mass is 10.1. The second-order valence-electron chi connectivity index (χ2n) is 4.37. The zero-order valence-electron chi connectivity index (χ0n) is 11.1. The first kappa shape index (κ1) is 13.0. The van der Waals surface area contributed by atoms with Gasteiger partial charge in [0, 0.05) is 12.4 Å². The van der Waals surface area contributed by atoms with Gasteiger partial charge in [0.1, 0.15) is 5.75 Å². The van der Waals surface area contributed by atoms with Crippen molar-refractivity contribution < 1.29 is 9.53 Å². The Morgan fingerprint density at radius 1 is 0.857 bits per heavy atom. The summed E-state index contributed by atoms with van der Waals surface area (Å²) in [6, 6.07) is 17.3. The lowest BCUT2D eigenvalue weighted by molar-refractivity contribution is 0.0728. The van der Waals surface area contributed by atoms with Gasteiger partial charge in [-0.15, -0.1) is 0 Å². The fourth-order valence-electron chi connectivity index (χ4n) is 1.91. The summed E-state index contributed by atoms with van der Waals surface area (Å²) in [5.74, 6) is -0.0408. The van der Waals surface area contributed by atoms with Gasteiger partial charge in [0.25, 0.3) is 0 Å². The highest BCUT2D eigenvalue weighted by Crippen LogP contribution is 2.22. The van der Waals surface area contributed by atoms with Crippen LogP contribution in [0.5, 0.6) is 5.75 Å². The quantitative estimate of drug-likeness (QED) is 0.543. The van der Waals surface area contributed by atoms with E-state index in [4.69, 9.17) is 4.74 Å². The van der Waals surface area contributed by atoms with Crippen molar-refractivity contribution in [1.82, 2.24) is 9.97 Å². The molecule has 0 N–H and O–H groups in total. The summed E-state index contributed by atoms with van der Waals surface area (Å²) in [5, 5.41) is 0. The molecule has 0 atom stereocenters. The van der Waals surface area contributed by atoms with Crippen LogP contribution in [0.4, 0.5) is 0 Å². The first-order chi connectivity index (χ1) is 10.3.